The standard InChI is InChI=1S/C14H20N2O2/c17-14(12-5-9-18-10-12)16-7-3-11(4-8-16)13-2-1-6-15-13/h5,9-11,13,15H,1-4,6-8H2. The van der Waals surface area contributed by atoms with Crippen LogP contribution in [0.25, 0.3) is 0 Å². The molecule has 0 radical (unpaired) electrons. The molecule has 2 saturated heterocycles. The second-order valence-corrected chi connectivity index (χ2v) is 5.34. The normalized spacial score (nSPS) is 25.6. The van der Waals surface area contributed by atoms with Gasteiger partial charge in [-0.25, -0.2) is 0 Å². The Morgan fingerprint density at radius 1 is 1.33 bits per heavy atom. The highest BCUT2D eigenvalue weighted by molar-refractivity contribution is 5.93. The zero-order valence-electron chi connectivity index (χ0n) is 10.6. The smallest absolute Gasteiger partial charge is 0.257 e. The van der Waals surface area contributed by atoms with Crippen LogP contribution in [0.5, 0.6) is 0 Å². The first-order valence-electron chi connectivity index (χ1n) is 6.89. The fourth-order valence-electron chi connectivity index (χ4n) is 3.19. The van der Waals surface area contributed by atoms with Crippen molar-refractivity contribution in [3.8, 4) is 0 Å². The van der Waals surface area contributed by atoms with E-state index in [2.05, 4.69) is 5.32 Å². The molecule has 0 spiro atoms. The van der Waals surface area contributed by atoms with Crippen molar-refractivity contribution in [3.63, 3.8) is 0 Å². The number of amides is 1. The number of rotatable bonds is 2. The molecule has 2 aliphatic heterocycles. The van der Waals surface area contributed by atoms with E-state index in [0.717, 1.165) is 31.8 Å². The van der Waals surface area contributed by atoms with Crippen LogP contribution in [0.2, 0.25) is 0 Å². The highest BCUT2D eigenvalue weighted by atomic mass is 16.3. The first-order chi connectivity index (χ1) is 8.84. The SMILES string of the molecule is O=C(c1ccoc1)N1CCC(C2CCCN2)CC1. The lowest BCUT2D eigenvalue weighted by atomic mass is 9.88. The third-order valence-electron chi connectivity index (χ3n) is 4.26. The van der Waals surface area contributed by atoms with Crippen molar-refractivity contribution in [3.05, 3.63) is 24.2 Å². The quantitative estimate of drug-likeness (QED) is 0.869. The Kier molecular flexibility index (Phi) is 3.37. The molecule has 2 fully saturated rings. The average Bonchev–Trinajstić information content (AvgIpc) is 3.11. The van der Waals surface area contributed by atoms with Gasteiger partial charge >= 0.3 is 0 Å². The minimum absolute atomic E-state index is 0.113. The first-order valence-corrected chi connectivity index (χ1v) is 6.89. The largest absolute Gasteiger partial charge is 0.472 e. The molecule has 1 N–H and O–H groups in total. The number of hydrogen-bond acceptors (Lipinski definition) is 3. The van der Waals surface area contributed by atoms with E-state index in [1.54, 1.807) is 12.3 Å². The van der Waals surface area contributed by atoms with Gasteiger partial charge in [0, 0.05) is 19.1 Å². The van der Waals surface area contributed by atoms with Gasteiger partial charge in [-0.15, -0.1) is 0 Å². The number of hydrogen-bond donors (Lipinski definition) is 1. The maximum Gasteiger partial charge on any atom is 0.257 e. The lowest BCUT2D eigenvalue weighted by Gasteiger charge is -2.34. The zero-order valence-corrected chi connectivity index (χ0v) is 10.6. The second kappa shape index (κ2) is 5.14. The maximum atomic E-state index is 12.1. The Morgan fingerprint density at radius 3 is 2.78 bits per heavy atom. The van der Waals surface area contributed by atoms with Gasteiger partial charge in [0.1, 0.15) is 6.26 Å². The molecule has 0 saturated carbocycles. The van der Waals surface area contributed by atoms with Gasteiger partial charge in [0.25, 0.3) is 5.91 Å². The molecule has 98 valence electrons. The van der Waals surface area contributed by atoms with Crippen molar-refractivity contribution >= 4 is 5.91 Å². The number of likely N-dealkylation sites (tertiary alicyclic amines) is 1. The molecule has 1 aromatic rings. The fraction of sp³-hybridized carbons (Fsp3) is 0.643. The summed E-state index contributed by atoms with van der Waals surface area (Å²) in [6, 6.07) is 2.43. The van der Waals surface area contributed by atoms with E-state index in [4.69, 9.17) is 4.42 Å². The lowest BCUT2D eigenvalue weighted by molar-refractivity contribution is 0.0673. The van der Waals surface area contributed by atoms with Crippen LogP contribution >= 0.6 is 0 Å². The Morgan fingerprint density at radius 2 is 2.17 bits per heavy atom. The van der Waals surface area contributed by atoms with Gasteiger partial charge in [-0.1, -0.05) is 0 Å². The predicted octanol–water partition coefficient (Wildman–Crippen LogP) is 1.88. The summed E-state index contributed by atoms with van der Waals surface area (Å²) in [6.07, 6.45) is 7.96. The van der Waals surface area contributed by atoms with E-state index in [-0.39, 0.29) is 5.91 Å². The zero-order chi connectivity index (χ0) is 12.4. The Bertz CT molecular complexity index is 388. The summed E-state index contributed by atoms with van der Waals surface area (Å²) in [5.74, 6) is 0.863. The van der Waals surface area contributed by atoms with Gasteiger partial charge < -0.3 is 14.6 Å². The van der Waals surface area contributed by atoms with Gasteiger partial charge in [-0.2, -0.15) is 0 Å². The topological polar surface area (TPSA) is 45.5 Å². The van der Waals surface area contributed by atoms with E-state index in [1.807, 2.05) is 4.90 Å². The fourth-order valence-corrected chi connectivity index (χ4v) is 3.19. The summed E-state index contributed by atoms with van der Waals surface area (Å²) in [4.78, 5) is 14.1. The molecule has 1 amide bonds. The molecule has 0 bridgehead atoms. The highest BCUT2D eigenvalue weighted by Gasteiger charge is 2.30. The summed E-state index contributed by atoms with van der Waals surface area (Å²) in [5.41, 5.74) is 0.674. The van der Waals surface area contributed by atoms with Crippen LogP contribution in [-0.2, 0) is 0 Å². The molecule has 4 nitrogen and oxygen atoms in total. The molecule has 4 heteroatoms. The molecule has 2 aliphatic rings. The molecule has 0 aliphatic carbocycles. The number of carbonyl (C=O) groups is 1. The Labute approximate surface area is 107 Å². The van der Waals surface area contributed by atoms with Crippen LogP contribution in [0, 0.1) is 5.92 Å². The average molecular weight is 248 g/mol. The molecule has 1 unspecified atom stereocenters. The monoisotopic (exact) mass is 248 g/mol. The van der Waals surface area contributed by atoms with Crippen LogP contribution in [0.3, 0.4) is 0 Å². The second-order valence-electron chi connectivity index (χ2n) is 5.34. The summed E-state index contributed by atoms with van der Waals surface area (Å²) in [7, 11) is 0. The van der Waals surface area contributed by atoms with E-state index >= 15 is 0 Å². The molecule has 3 rings (SSSR count). The summed E-state index contributed by atoms with van der Waals surface area (Å²) in [6.45, 7) is 2.93. The van der Waals surface area contributed by atoms with Crippen molar-refractivity contribution in [1.82, 2.24) is 10.2 Å². The van der Waals surface area contributed by atoms with Crippen LogP contribution in [0.1, 0.15) is 36.0 Å². The van der Waals surface area contributed by atoms with Crippen molar-refractivity contribution in [2.75, 3.05) is 19.6 Å². The van der Waals surface area contributed by atoms with Crippen LogP contribution < -0.4 is 5.32 Å². The minimum Gasteiger partial charge on any atom is -0.472 e. The molecule has 1 aromatic heterocycles. The number of nitrogens with zero attached hydrogens (tertiary/aromatic N) is 1. The van der Waals surface area contributed by atoms with Crippen molar-refractivity contribution < 1.29 is 9.21 Å². The first kappa shape index (κ1) is 11.8. The molecular formula is C14H20N2O2. The molecule has 1 atom stereocenters. The van der Waals surface area contributed by atoms with E-state index in [9.17, 15) is 4.79 Å². The molecule has 18 heavy (non-hydrogen) atoms. The minimum atomic E-state index is 0.113. The Balaban J connectivity index is 1.55. The van der Waals surface area contributed by atoms with Gasteiger partial charge in [0.2, 0.25) is 0 Å². The number of nitrogens with one attached hydrogen (secondary N) is 1. The molecule has 3 heterocycles. The summed E-state index contributed by atoms with van der Waals surface area (Å²) in [5, 5.41) is 3.58. The number of carbonyl (C=O) groups excluding carboxylic acids is 1. The van der Waals surface area contributed by atoms with Crippen molar-refractivity contribution in [1.29, 1.82) is 0 Å². The van der Waals surface area contributed by atoms with E-state index < -0.39 is 0 Å². The van der Waals surface area contributed by atoms with E-state index in [0.29, 0.717) is 11.6 Å². The number of piperidine rings is 1. The third-order valence-corrected chi connectivity index (χ3v) is 4.26. The van der Waals surface area contributed by atoms with Crippen molar-refractivity contribution in [2.24, 2.45) is 5.92 Å². The number of furan rings is 1. The third kappa shape index (κ3) is 2.29. The summed E-state index contributed by atoms with van der Waals surface area (Å²) < 4.78 is 4.97. The maximum absolute atomic E-state index is 12.1. The van der Waals surface area contributed by atoms with Crippen LogP contribution in [0.4, 0.5) is 0 Å². The van der Waals surface area contributed by atoms with Crippen molar-refractivity contribution in [2.45, 2.75) is 31.7 Å². The van der Waals surface area contributed by atoms with Gasteiger partial charge in [-0.3, -0.25) is 4.79 Å². The van der Waals surface area contributed by atoms with Gasteiger partial charge in [0.05, 0.1) is 11.8 Å². The van der Waals surface area contributed by atoms with Crippen LogP contribution in [0.15, 0.2) is 23.0 Å². The van der Waals surface area contributed by atoms with Gasteiger partial charge in [0.15, 0.2) is 0 Å². The molecule has 0 aromatic carbocycles. The van der Waals surface area contributed by atoms with E-state index in [1.165, 1.54) is 25.6 Å². The highest BCUT2D eigenvalue weighted by Crippen LogP contribution is 2.26. The summed E-state index contributed by atoms with van der Waals surface area (Å²) >= 11 is 0. The molecular weight excluding hydrogens is 228 g/mol. The lowest BCUT2D eigenvalue weighted by Crippen LogP contribution is -2.43. The van der Waals surface area contributed by atoms with Gasteiger partial charge in [-0.05, 0) is 44.2 Å². The predicted molar refractivity (Wildman–Crippen MR) is 68.4 cm³/mol. The van der Waals surface area contributed by atoms with Crippen LogP contribution in [-0.4, -0.2) is 36.5 Å². The Hall–Kier alpha value is -1.29.